The summed E-state index contributed by atoms with van der Waals surface area (Å²) in [6, 6.07) is 0. The molecule has 148 valence electrons. The van der Waals surface area contributed by atoms with Crippen LogP contribution in [0, 0.1) is 0 Å². The molecule has 0 N–H and O–H groups in total. The lowest BCUT2D eigenvalue weighted by molar-refractivity contribution is 0.0303. The summed E-state index contributed by atoms with van der Waals surface area (Å²) in [7, 11) is 4.35. The molecule has 0 atom stereocenters. The van der Waals surface area contributed by atoms with Crippen molar-refractivity contribution in [2.45, 2.75) is 0 Å². The molecule has 7 heteroatoms. The highest BCUT2D eigenvalue weighted by Gasteiger charge is 2.11. The van der Waals surface area contributed by atoms with Gasteiger partial charge in [-0.1, -0.05) is 0 Å². The summed E-state index contributed by atoms with van der Waals surface area (Å²) >= 11 is 0. The summed E-state index contributed by atoms with van der Waals surface area (Å²) in [5.41, 5.74) is 0. The van der Waals surface area contributed by atoms with Crippen molar-refractivity contribution < 1.29 is 14.2 Å². The summed E-state index contributed by atoms with van der Waals surface area (Å²) in [5.74, 6) is 0. The molecule has 0 aromatic heterocycles. The highest BCUT2D eigenvalue weighted by Crippen LogP contribution is 1.98. The van der Waals surface area contributed by atoms with Gasteiger partial charge in [0.2, 0.25) is 0 Å². The molecule has 3 aliphatic rings. The van der Waals surface area contributed by atoms with Gasteiger partial charge in [-0.25, -0.2) is 0 Å². The molecule has 2 bridgehead atoms. The van der Waals surface area contributed by atoms with Crippen LogP contribution in [0.4, 0.5) is 0 Å². The number of nitrogens with zero attached hydrogens (tertiary/aromatic N) is 4. The molecule has 3 rings (SSSR count). The average molecular weight is 359 g/mol. The molecule has 0 spiro atoms. The van der Waals surface area contributed by atoms with Gasteiger partial charge in [0.05, 0.1) is 39.6 Å². The van der Waals surface area contributed by atoms with E-state index in [9.17, 15) is 0 Å². The molecule has 3 fully saturated rings. The first kappa shape index (κ1) is 21.0. The standard InChI is InChI=1S/C18H38N4O3/c1-19-3-5-21-9-15-24-17-11-22(12-18-25-16-10-21)6-4-20(2)8-14-23-13-7-19/h3-18H2,1-2H3. The number of fused-ring (bicyclic) bond motifs is 18. The van der Waals surface area contributed by atoms with Crippen LogP contribution in [0.5, 0.6) is 0 Å². The third-order valence-electron chi connectivity index (χ3n) is 5.04. The molecule has 0 amide bonds. The van der Waals surface area contributed by atoms with E-state index in [2.05, 4.69) is 33.7 Å². The summed E-state index contributed by atoms with van der Waals surface area (Å²) in [5, 5.41) is 0. The van der Waals surface area contributed by atoms with Crippen molar-refractivity contribution in [1.82, 2.24) is 19.6 Å². The van der Waals surface area contributed by atoms with Crippen LogP contribution in [0.15, 0.2) is 0 Å². The second-order valence-electron chi connectivity index (χ2n) is 7.13. The van der Waals surface area contributed by atoms with Gasteiger partial charge in [0, 0.05) is 65.4 Å². The summed E-state index contributed by atoms with van der Waals surface area (Å²) in [4.78, 5) is 9.61. The van der Waals surface area contributed by atoms with Crippen molar-refractivity contribution in [3.05, 3.63) is 0 Å². The van der Waals surface area contributed by atoms with Gasteiger partial charge in [-0.15, -0.1) is 0 Å². The van der Waals surface area contributed by atoms with E-state index < -0.39 is 0 Å². The SMILES string of the molecule is CN1CCOCCN(C)CCN2CCOCCN(CCOCC2)CC1. The minimum atomic E-state index is 0.806. The fraction of sp³-hybridized carbons (Fsp3) is 1.00. The molecular formula is C18H38N4O3. The summed E-state index contributed by atoms with van der Waals surface area (Å²) < 4.78 is 17.6. The molecule has 25 heavy (non-hydrogen) atoms. The molecule has 0 radical (unpaired) electrons. The largest absolute Gasteiger partial charge is 0.379 e. The molecular weight excluding hydrogens is 320 g/mol. The van der Waals surface area contributed by atoms with Crippen molar-refractivity contribution in [3.63, 3.8) is 0 Å². The first-order valence-electron chi connectivity index (χ1n) is 9.79. The predicted octanol–water partition coefficient (Wildman–Crippen LogP) is -0.469. The molecule has 0 aromatic rings. The Morgan fingerprint density at radius 3 is 1.08 bits per heavy atom. The van der Waals surface area contributed by atoms with E-state index >= 15 is 0 Å². The third kappa shape index (κ3) is 9.84. The number of rotatable bonds is 0. The van der Waals surface area contributed by atoms with Crippen molar-refractivity contribution in [2.24, 2.45) is 0 Å². The topological polar surface area (TPSA) is 40.7 Å². The number of hydrogen-bond acceptors (Lipinski definition) is 7. The van der Waals surface area contributed by atoms with Gasteiger partial charge in [0.25, 0.3) is 0 Å². The van der Waals surface area contributed by atoms with E-state index in [1.807, 2.05) is 0 Å². The quantitative estimate of drug-likeness (QED) is 0.542. The maximum atomic E-state index is 5.89. The Morgan fingerprint density at radius 1 is 0.400 bits per heavy atom. The molecule has 3 heterocycles. The molecule has 0 aliphatic carbocycles. The smallest absolute Gasteiger partial charge is 0.0594 e. The maximum absolute atomic E-state index is 5.89. The second kappa shape index (κ2) is 13.0. The minimum Gasteiger partial charge on any atom is -0.379 e. The van der Waals surface area contributed by atoms with Crippen LogP contribution in [0.1, 0.15) is 0 Å². The van der Waals surface area contributed by atoms with Crippen LogP contribution in [0.25, 0.3) is 0 Å². The molecule has 3 aliphatic heterocycles. The Balaban J connectivity index is 1.90. The van der Waals surface area contributed by atoms with Gasteiger partial charge < -0.3 is 24.0 Å². The Morgan fingerprint density at radius 2 is 0.720 bits per heavy atom. The number of likely N-dealkylation sites (N-methyl/N-ethyl adjacent to an activating group) is 2. The monoisotopic (exact) mass is 358 g/mol. The molecule has 7 nitrogen and oxygen atoms in total. The highest BCUT2D eigenvalue weighted by molar-refractivity contribution is 4.65. The maximum Gasteiger partial charge on any atom is 0.0594 e. The Kier molecular flexibility index (Phi) is 10.9. The van der Waals surface area contributed by atoms with Gasteiger partial charge in [0.15, 0.2) is 0 Å². The van der Waals surface area contributed by atoms with Gasteiger partial charge in [0.1, 0.15) is 0 Å². The fourth-order valence-electron chi connectivity index (χ4n) is 3.04. The first-order valence-corrected chi connectivity index (χ1v) is 9.79. The molecule has 3 saturated heterocycles. The van der Waals surface area contributed by atoms with Gasteiger partial charge in [-0.3, -0.25) is 9.80 Å². The van der Waals surface area contributed by atoms with Crippen molar-refractivity contribution in [1.29, 1.82) is 0 Å². The van der Waals surface area contributed by atoms with Crippen LogP contribution in [0.2, 0.25) is 0 Å². The van der Waals surface area contributed by atoms with Crippen LogP contribution >= 0.6 is 0 Å². The van der Waals surface area contributed by atoms with Gasteiger partial charge in [-0.05, 0) is 14.1 Å². The molecule has 0 saturated carbocycles. The van der Waals surface area contributed by atoms with Gasteiger partial charge in [-0.2, -0.15) is 0 Å². The predicted molar refractivity (Wildman–Crippen MR) is 100 cm³/mol. The second-order valence-corrected chi connectivity index (χ2v) is 7.13. The van der Waals surface area contributed by atoms with Crippen LogP contribution < -0.4 is 0 Å². The van der Waals surface area contributed by atoms with Crippen LogP contribution in [-0.2, 0) is 14.2 Å². The van der Waals surface area contributed by atoms with Crippen LogP contribution in [0.3, 0.4) is 0 Å². The molecule has 0 aromatic carbocycles. The number of ether oxygens (including phenoxy) is 3. The normalized spacial score (nSPS) is 31.4. The van der Waals surface area contributed by atoms with E-state index in [0.717, 1.165) is 105 Å². The van der Waals surface area contributed by atoms with Gasteiger partial charge >= 0.3 is 0 Å². The Labute approximate surface area is 153 Å². The average Bonchev–Trinajstić information content (AvgIpc) is 2.59. The lowest BCUT2D eigenvalue weighted by Crippen LogP contribution is -2.41. The lowest BCUT2D eigenvalue weighted by atomic mass is 10.4. The third-order valence-corrected chi connectivity index (χ3v) is 5.04. The highest BCUT2D eigenvalue weighted by atomic mass is 16.5. The zero-order valence-corrected chi connectivity index (χ0v) is 16.3. The Bertz CT molecular complexity index is 293. The van der Waals surface area contributed by atoms with E-state index in [4.69, 9.17) is 14.2 Å². The summed E-state index contributed by atoms with van der Waals surface area (Å²) in [6.07, 6.45) is 0. The van der Waals surface area contributed by atoms with E-state index in [-0.39, 0.29) is 0 Å². The van der Waals surface area contributed by atoms with Crippen molar-refractivity contribution in [2.75, 3.05) is 119 Å². The number of hydrogen-bond donors (Lipinski definition) is 0. The molecule has 0 unspecified atom stereocenters. The Hall–Kier alpha value is -0.280. The minimum absolute atomic E-state index is 0.806. The lowest BCUT2D eigenvalue weighted by Gasteiger charge is -2.29. The summed E-state index contributed by atoms with van der Waals surface area (Å²) in [6.45, 7) is 15.0. The van der Waals surface area contributed by atoms with E-state index in [1.165, 1.54) is 0 Å². The first-order chi connectivity index (χ1) is 12.2. The van der Waals surface area contributed by atoms with Crippen LogP contribution in [-0.4, -0.2) is 139 Å². The zero-order valence-electron chi connectivity index (χ0n) is 16.3. The fourth-order valence-corrected chi connectivity index (χ4v) is 3.04. The van der Waals surface area contributed by atoms with E-state index in [0.29, 0.717) is 0 Å². The van der Waals surface area contributed by atoms with E-state index in [1.54, 1.807) is 0 Å². The van der Waals surface area contributed by atoms with Crippen molar-refractivity contribution >= 4 is 0 Å². The zero-order chi connectivity index (χ0) is 17.7. The van der Waals surface area contributed by atoms with Crippen molar-refractivity contribution in [3.8, 4) is 0 Å².